The fraction of sp³-hybridized carbons (Fsp3) is 0.273. The van der Waals surface area contributed by atoms with E-state index in [1.165, 1.54) is 12.1 Å². The highest BCUT2D eigenvalue weighted by Gasteiger charge is 2.24. The number of carbonyl (C=O) groups is 1. The van der Waals surface area contributed by atoms with Gasteiger partial charge in [0.2, 0.25) is 0 Å². The molecule has 6 nitrogen and oxygen atoms in total. The molecular formula is C22H22BrFN2O4. The highest BCUT2D eigenvalue weighted by atomic mass is 79.9. The largest absolute Gasteiger partial charge is 0.493 e. The molecule has 8 heteroatoms. The van der Waals surface area contributed by atoms with Crippen LogP contribution in [0.5, 0.6) is 11.5 Å². The predicted octanol–water partition coefficient (Wildman–Crippen LogP) is 5.02. The van der Waals surface area contributed by atoms with Crippen LogP contribution in [-0.2, 0) is 11.2 Å². The molecule has 0 aliphatic carbocycles. The molecule has 2 aromatic carbocycles. The number of carbonyl (C=O) groups excluding carboxylic acids is 1. The minimum atomic E-state index is -0.554. The van der Waals surface area contributed by atoms with E-state index in [2.05, 4.69) is 20.9 Å². The molecular weight excluding hydrogens is 455 g/mol. The molecule has 1 aromatic heterocycles. The number of benzene rings is 2. The molecule has 1 heterocycles. The van der Waals surface area contributed by atoms with Crippen molar-refractivity contribution in [1.82, 2.24) is 9.55 Å². The van der Waals surface area contributed by atoms with Crippen molar-refractivity contribution in [2.75, 3.05) is 20.8 Å². The lowest BCUT2D eigenvalue weighted by Gasteiger charge is -2.17. The molecule has 0 bridgehead atoms. The van der Waals surface area contributed by atoms with Gasteiger partial charge in [0.1, 0.15) is 5.82 Å². The maximum atomic E-state index is 13.9. The molecule has 0 saturated heterocycles. The van der Waals surface area contributed by atoms with Crippen molar-refractivity contribution in [2.24, 2.45) is 0 Å². The Bertz CT molecular complexity index is 1040. The van der Waals surface area contributed by atoms with Crippen LogP contribution in [0.1, 0.15) is 27.9 Å². The summed E-state index contributed by atoms with van der Waals surface area (Å²) >= 11 is 3.68. The van der Waals surface area contributed by atoms with Gasteiger partial charge in [0.15, 0.2) is 17.2 Å². The topological polar surface area (TPSA) is 62.6 Å². The van der Waals surface area contributed by atoms with E-state index in [9.17, 15) is 9.18 Å². The minimum Gasteiger partial charge on any atom is -0.493 e. The number of imidazole rings is 1. The van der Waals surface area contributed by atoms with Gasteiger partial charge in [-0.3, -0.25) is 0 Å². The molecule has 0 radical (unpaired) electrons. The maximum Gasteiger partial charge on any atom is 0.359 e. The predicted molar refractivity (Wildman–Crippen MR) is 115 cm³/mol. The van der Waals surface area contributed by atoms with Crippen LogP contribution < -0.4 is 9.47 Å². The second kappa shape index (κ2) is 9.75. The third-order valence-electron chi connectivity index (χ3n) is 4.51. The number of halogens is 2. The molecule has 0 aliphatic heterocycles. The van der Waals surface area contributed by atoms with Gasteiger partial charge in [0.05, 0.1) is 37.8 Å². The molecule has 0 aliphatic rings. The summed E-state index contributed by atoms with van der Waals surface area (Å²) in [6.45, 7) is 1.94. The smallest absolute Gasteiger partial charge is 0.359 e. The summed E-state index contributed by atoms with van der Waals surface area (Å²) in [7, 11) is 3.16. The molecule has 0 saturated carbocycles. The van der Waals surface area contributed by atoms with Gasteiger partial charge in [0.25, 0.3) is 0 Å². The lowest BCUT2D eigenvalue weighted by Crippen LogP contribution is -2.10. The second-order valence-corrected chi connectivity index (χ2v) is 7.46. The summed E-state index contributed by atoms with van der Waals surface area (Å²) in [5.41, 5.74) is 2.13. The zero-order valence-corrected chi connectivity index (χ0v) is 18.5. The monoisotopic (exact) mass is 476 g/mol. The van der Waals surface area contributed by atoms with Crippen LogP contribution in [0.2, 0.25) is 0 Å². The number of rotatable bonds is 8. The fourth-order valence-electron chi connectivity index (χ4n) is 3.14. The van der Waals surface area contributed by atoms with Crippen LogP contribution in [0.25, 0.3) is 11.3 Å². The van der Waals surface area contributed by atoms with Crippen LogP contribution in [0, 0.1) is 5.82 Å². The number of esters is 1. The van der Waals surface area contributed by atoms with Crippen LogP contribution in [0.15, 0.2) is 48.8 Å². The Kier molecular flexibility index (Phi) is 7.10. The van der Waals surface area contributed by atoms with Crippen molar-refractivity contribution >= 4 is 21.9 Å². The normalized spacial score (nSPS) is 11.8. The summed E-state index contributed by atoms with van der Waals surface area (Å²) in [5.74, 6) is 0.306. The van der Waals surface area contributed by atoms with Gasteiger partial charge in [-0.1, -0.05) is 34.1 Å². The first-order valence-electron chi connectivity index (χ1n) is 9.33. The van der Waals surface area contributed by atoms with Crippen molar-refractivity contribution in [2.45, 2.75) is 18.3 Å². The second-order valence-electron chi connectivity index (χ2n) is 6.41. The highest BCUT2D eigenvalue weighted by Crippen LogP contribution is 2.34. The first-order valence-corrected chi connectivity index (χ1v) is 10.2. The number of alkyl halides is 1. The van der Waals surface area contributed by atoms with Gasteiger partial charge in [-0.25, -0.2) is 14.2 Å². The highest BCUT2D eigenvalue weighted by molar-refractivity contribution is 9.09. The number of methoxy groups -OCH3 is 2. The molecule has 158 valence electrons. The van der Waals surface area contributed by atoms with Gasteiger partial charge in [-0.05, 0) is 36.8 Å². The molecule has 0 spiro atoms. The molecule has 1 atom stereocenters. The first-order chi connectivity index (χ1) is 14.5. The summed E-state index contributed by atoms with van der Waals surface area (Å²) in [5, 5.41) is 0. The van der Waals surface area contributed by atoms with E-state index in [4.69, 9.17) is 14.2 Å². The molecule has 3 rings (SSSR count). The number of hydrogen-bond donors (Lipinski definition) is 0. The lowest BCUT2D eigenvalue weighted by molar-refractivity contribution is 0.0521. The molecule has 1 unspecified atom stereocenters. The van der Waals surface area contributed by atoms with Crippen LogP contribution in [0.3, 0.4) is 0 Å². The quantitative estimate of drug-likeness (QED) is 0.337. The average molecular weight is 477 g/mol. The van der Waals surface area contributed by atoms with E-state index in [1.54, 1.807) is 44.2 Å². The van der Waals surface area contributed by atoms with Gasteiger partial charge in [0, 0.05) is 12.0 Å². The average Bonchev–Trinajstić information content (AvgIpc) is 3.19. The Labute approximate surface area is 182 Å². The molecule has 3 aromatic rings. The molecule has 0 amide bonds. The zero-order chi connectivity index (χ0) is 21.7. The standard InChI is InChI=1S/C22H22BrFN2O4/c1-4-30-22(27)20-21(15-6-5-7-16(24)12-15)26(13-25-20)19(23)11-14-8-9-17(28-2)18(10-14)29-3/h5-10,12-13,19H,4,11H2,1-3H3. The van der Waals surface area contributed by atoms with Crippen molar-refractivity contribution in [1.29, 1.82) is 0 Å². The van der Waals surface area contributed by atoms with E-state index < -0.39 is 11.8 Å². The van der Waals surface area contributed by atoms with Crippen LogP contribution >= 0.6 is 15.9 Å². The van der Waals surface area contributed by atoms with Gasteiger partial charge < -0.3 is 18.8 Å². The maximum absolute atomic E-state index is 13.9. The van der Waals surface area contributed by atoms with Crippen molar-refractivity contribution < 1.29 is 23.4 Å². The van der Waals surface area contributed by atoms with E-state index in [-0.39, 0.29) is 17.3 Å². The summed E-state index contributed by atoms with van der Waals surface area (Å²) in [6, 6.07) is 11.7. The van der Waals surface area contributed by atoms with E-state index >= 15 is 0 Å². The van der Waals surface area contributed by atoms with E-state index in [1.807, 2.05) is 18.2 Å². The van der Waals surface area contributed by atoms with Crippen molar-refractivity contribution in [3.63, 3.8) is 0 Å². The Balaban J connectivity index is 1.99. The number of ether oxygens (including phenoxy) is 3. The Morgan fingerprint density at radius 1 is 1.17 bits per heavy atom. The number of nitrogens with zero attached hydrogens (tertiary/aromatic N) is 2. The van der Waals surface area contributed by atoms with Gasteiger partial charge in [-0.15, -0.1) is 0 Å². The van der Waals surface area contributed by atoms with E-state index in [0.29, 0.717) is 29.2 Å². The van der Waals surface area contributed by atoms with Crippen molar-refractivity contribution in [3.8, 4) is 22.8 Å². The third-order valence-corrected chi connectivity index (χ3v) is 5.28. The molecule has 0 fully saturated rings. The Hall–Kier alpha value is -2.87. The van der Waals surface area contributed by atoms with Gasteiger partial charge in [-0.2, -0.15) is 0 Å². The fourth-order valence-corrected chi connectivity index (χ4v) is 3.83. The third kappa shape index (κ3) is 4.64. The van der Waals surface area contributed by atoms with Gasteiger partial charge >= 0.3 is 5.97 Å². The summed E-state index contributed by atoms with van der Waals surface area (Å²) < 4.78 is 31.5. The minimum absolute atomic E-state index is 0.138. The Morgan fingerprint density at radius 3 is 2.60 bits per heavy atom. The SMILES string of the molecule is CCOC(=O)c1ncn(C(Br)Cc2ccc(OC)c(OC)c2)c1-c1cccc(F)c1. The summed E-state index contributed by atoms with van der Waals surface area (Å²) in [4.78, 5) is 16.4. The molecule has 30 heavy (non-hydrogen) atoms. The lowest BCUT2D eigenvalue weighted by atomic mass is 10.1. The first kappa shape index (κ1) is 21.8. The summed E-state index contributed by atoms with van der Waals surface area (Å²) in [6.07, 6.45) is 2.11. The number of hydrogen-bond acceptors (Lipinski definition) is 5. The van der Waals surface area contributed by atoms with Crippen LogP contribution in [-0.4, -0.2) is 36.3 Å². The number of aromatic nitrogens is 2. The molecule has 0 N–H and O–H groups in total. The van der Waals surface area contributed by atoms with Crippen molar-refractivity contribution in [3.05, 3.63) is 65.9 Å². The van der Waals surface area contributed by atoms with E-state index in [0.717, 1.165) is 5.56 Å². The Morgan fingerprint density at radius 2 is 1.93 bits per heavy atom. The zero-order valence-electron chi connectivity index (χ0n) is 16.9. The van der Waals surface area contributed by atoms with Crippen LogP contribution in [0.4, 0.5) is 4.39 Å².